The molecular formula is C16H21NO2. The molecule has 0 spiro atoms. The van der Waals surface area contributed by atoms with Gasteiger partial charge in [-0.25, -0.2) is 0 Å². The van der Waals surface area contributed by atoms with Gasteiger partial charge in [-0.15, -0.1) is 6.42 Å². The maximum atomic E-state index is 11.9. The summed E-state index contributed by atoms with van der Waals surface area (Å²) in [5.74, 6) is 2.52. The molecule has 102 valence electrons. The van der Waals surface area contributed by atoms with Crippen molar-refractivity contribution >= 4 is 5.97 Å². The lowest BCUT2D eigenvalue weighted by atomic mass is 9.94. The second-order valence-corrected chi connectivity index (χ2v) is 4.44. The summed E-state index contributed by atoms with van der Waals surface area (Å²) in [6.07, 6.45) is 5.90. The van der Waals surface area contributed by atoms with Crippen molar-refractivity contribution in [1.29, 1.82) is 0 Å². The molecule has 1 aromatic carbocycles. The van der Waals surface area contributed by atoms with Crippen molar-refractivity contribution in [2.24, 2.45) is 0 Å². The largest absolute Gasteiger partial charge is 0.465 e. The van der Waals surface area contributed by atoms with Crippen LogP contribution in [-0.4, -0.2) is 25.2 Å². The third-order valence-electron chi connectivity index (χ3n) is 2.98. The van der Waals surface area contributed by atoms with Crippen LogP contribution in [0.4, 0.5) is 0 Å². The predicted molar refractivity (Wildman–Crippen MR) is 76.7 cm³/mol. The minimum Gasteiger partial charge on any atom is -0.465 e. The van der Waals surface area contributed by atoms with Crippen molar-refractivity contribution in [1.82, 2.24) is 5.32 Å². The van der Waals surface area contributed by atoms with Crippen molar-refractivity contribution in [2.45, 2.75) is 32.2 Å². The van der Waals surface area contributed by atoms with Crippen LogP contribution in [0.2, 0.25) is 0 Å². The van der Waals surface area contributed by atoms with E-state index < -0.39 is 0 Å². The predicted octanol–water partition coefficient (Wildman–Crippen LogP) is 2.33. The molecule has 0 aliphatic carbocycles. The van der Waals surface area contributed by atoms with Gasteiger partial charge in [-0.2, -0.15) is 0 Å². The highest BCUT2D eigenvalue weighted by atomic mass is 16.5. The highest BCUT2D eigenvalue weighted by molar-refractivity contribution is 5.75. The maximum absolute atomic E-state index is 11.9. The monoisotopic (exact) mass is 259 g/mol. The zero-order valence-electron chi connectivity index (χ0n) is 11.6. The summed E-state index contributed by atoms with van der Waals surface area (Å²) in [7, 11) is 0. The molecule has 0 aliphatic rings. The summed E-state index contributed by atoms with van der Waals surface area (Å²) >= 11 is 0. The van der Waals surface area contributed by atoms with Crippen LogP contribution in [0, 0.1) is 12.3 Å². The van der Waals surface area contributed by atoms with Gasteiger partial charge in [-0.05, 0) is 24.8 Å². The van der Waals surface area contributed by atoms with Crippen LogP contribution in [0.3, 0.4) is 0 Å². The molecule has 2 unspecified atom stereocenters. The fourth-order valence-corrected chi connectivity index (χ4v) is 1.96. The Kier molecular flexibility index (Phi) is 6.70. The van der Waals surface area contributed by atoms with Gasteiger partial charge in [0, 0.05) is 0 Å². The van der Waals surface area contributed by atoms with E-state index in [9.17, 15) is 4.79 Å². The second kappa shape index (κ2) is 8.34. The molecule has 1 rings (SSSR count). The second-order valence-electron chi connectivity index (χ2n) is 4.44. The molecule has 0 radical (unpaired) electrons. The Hall–Kier alpha value is -1.79. The number of esters is 1. The lowest BCUT2D eigenvalue weighted by Crippen LogP contribution is -2.39. The Labute approximate surface area is 115 Å². The molecule has 0 aromatic heterocycles. The molecule has 2 atom stereocenters. The molecule has 0 saturated carbocycles. The first-order valence-electron chi connectivity index (χ1n) is 6.57. The maximum Gasteiger partial charge on any atom is 0.323 e. The van der Waals surface area contributed by atoms with Crippen molar-refractivity contribution in [3.05, 3.63) is 35.9 Å². The number of carbonyl (C=O) groups is 1. The Balaban J connectivity index is 2.66. The number of hydrogen-bond donors (Lipinski definition) is 1. The minimum absolute atomic E-state index is 0.236. The number of rotatable bonds is 7. The third-order valence-corrected chi connectivity index (χ3v) is 2.98. The first kappa shape index (κ1) is 15.3. The Morgan fingerprint density at radius 3 is 2.68 bits per heavy atom. The van der Waals surface area contributed by atoms with Gasteiger partial charge in [0.1, 0.15) is 6.04 Å². The van der Waals surface area contributed by atoms with E-state index in [1.54, 1.807) is 6.92 Å². The van der Waals surface area contributed by atoms with Crippen molar-refractivity contribution in [3.8, 4) is 12.3 Å². The van der Waals surface area contributed by atoms with Gasteiger partial charge in [-0.3, -0.25) is 10.1 Å². The highest BCUT2D eigenvalue weighted by Gasteiger charge is 2.22. The van der Waals surface area contributed by atoms with Crippen molar-refractivity contribution < 1.29 is 9.53 Å². The fourth-order valence-electron chi connectivity index (χ4n) is 1.96. The van der Waals surface area contributed by atoms with Crippen molar-refractivity contribution in [2.75, 3.05) is 13.2 Å². The van der Waals surface area contributed by atoms with Gasteiger partial charge in [-0.1, -0.05) is 43.2 Å². The van der Waals surface area contributed by atoms with E-state index in [2.05, 4.69) is 30.3 Å². The fraction of sp³-hybridized carbons (Fsp3) is 0.438. The van der Waals surface area contributed by atoms with Crippen LogP contribution in [0.15, 0.2) is 30.3 Å². The van der Waals surface area contributed by atoms with Gasteiger partial charge in [0.2, 0.25) is 0 Å². The topological polar surface area (TPSA) is 38.3 Å². The van der Waals surface area contributed by atoms with Crippen LogP contribution >= 0.6 is 0 Å². The summed E-state index contributed by atoms with van der Waals surface area (Å²) in [6, 6.07) is 9.75. The van der Waals surface area contributed by atoms with E-state index in [-0.39, 0.29) is 17.9 Å². The molecular weight excluding hydrogens is 238 g/mol. The number of carbonyl (C=O) groups excluding carboxylic acids is 1. The molecule has 0 fully saturated rings. The molecule has 19 heavy (non-hydrogen) atoms. The lowest BCUT2D eigenvalue weighted by molar-refractivity contribution is -0.145. The Morgan fingerprint density at radius 1 is 1.42 bits per heavy atom. The van der Waals surface area contributed by atoms with E-state index in [1.807, 2.05) is 18.2 Å². The summed E-state index contributed by atoms with van der Waals surface area (Å²) in [4.78, 5) is 11.9. The van der Waals surface area contributed by atoms with Crippen LogP contribution in [0.25, 0.3) is 0 Å². The Bertz CT molecular complexity index is 422. The van der Waals surface area contributed by atoms with E-state index >= 15 is 0 Å². The van der Waals surface area contributed by atoms with Crippen LogP contribution in [-0.2, 0) is 9.53 Å². The average Bonchev–Trinajstić information content (AvgIpc) is 2.44. The highest BCUT2D eigenvalue weighted by Crippen LogP contribution is 2.20. The standard InChI is InChI=1S/C16H21NO2/c1-4-11-17-15(16(18)19-5-2)12-13(3)14-9-7-6-8-10-14/h1,6-10,13,15,17H,5,11-12H2,2-3H3. The lowest BCUT2D eigenvalue weighted by Gasteiger charge is -2.20. The molecule has 3 nitrogen and oxygen atoms in total. The molecule has 0 aliphatic heterocycles. The first-order valence-corrected chi connectivity index (χ1v) is 6.57. The van der Waals surface area contributed by atoms with Gasteiger partial charge in [0.25, 0.3) is 0 Å². The van der Waals surface area contributed by atoms with Gasteiger partial charge in [0.15, 0.2) is 0 Å². The van der Waals surface area contributed by atoms with Gasteiger partial charge in [0.05, 0.1) is 13.2 Å². The number of nitrogens with one attached hydrogen (secondary N) is 1. The van der Waals surface area contributed by atoms with E-state index in [0.717, 1.165) is 0 Å². The normalized spacial score (nSPS) is 13.3. The smallest absolute Gasteiger partial charge is 0.323 e. The van der Waals surface area contributed by atoms with Crippen LogP contribution in [0.1, 0.15) is 31.7 Å². The number of terminal acetylenes is 1. The zero-order chi connectivity index (χ0) is 14.1. The molecule has 1 N–H and O–H groups in total. The minimum atomic E-state index is -0.355. The van der Waals surface area contributed by atoms with E-state index in [1.165, 1.54) is 5.56 Å². The quantitative estimate of drug-likeness (QED) is 0.603. The third kappa shape index (κ3) is 5.15. The number of ether oxygens (including phenoxy) is 1. The Morgan fingerprint density at radius 2 is 2.11 bits per heavy atom. The summed E-state index contributed by atoms with van der Waals surface area (Å²) < 4.78 is 5.07. The molecule has 0 bridgehead atoms. The summed E-state index contributed by atoms with van der Waals surface area (Å²) in [5, 5.41) is 3.04. The van der Waals surface area contributed by atoms with Crippen LogP contribution < -0.4 is 5.32 Å². The average molecular weight is 259 g/mol. The molecule has 0 heterocycles. The SMILES string of the molecule is C#CCNC(CC(C)c1ccccc1)C(=O)OCC. The molecule has 0 saturated heterocycles. The zero-order valence-corrected chi connectivity index (χ0v) is 11.6. The van der Waals surface area contributed by atoms with Crippen molar-refractivity contribution in [3.63, 3.8) is 0 Å². The number of hydrogen-bond acceptors (Lipinski definition) is 3. The van der Waals surface area contributed by atoms with Gasteiger partial charge < -0.3 is 4.74 Å². The summed E-state index contributed by atoms with van der Waals surface area (Å²) in [6.45, 7) is 4.65. The molecule has 1 aromatic rings. The van der Waals surface area contributed by atoms with Gasteiger partial charge >= 0.3 is 5.97 Å². The van der Waals surface area contributed by atoms with E-state index in [0.29, 0.717) is 19.6 Å². The molecule has 0 amide bonds. The number of benzene rings is 1. The molecule has 3 heteroatoms. The first-order chi connectivity index (χ1) is 9.19. The van der Waals surface area contributed by atoms with E-state index in [4.69, 9.17) is 11.2 Å². The van der Waals surface area contributed by atoms with Crippen LogP contribution in [0.5, 0.6) is 0 Å². The summed E-state index contributed by atoms with van der Waals surface area (Å²) in [5.41, 5.74) is 1.21.